The van der Waals surface area contributed by atoms with Crippen LogP contribution in [0.15, 0.2) is 9.06 Å². The number of hydrogen-bond donors (Lipinski definition) is 0. The predicted octanol–water partition coefficient (Wildman–Crippen LogP) is 5.69. The zero-order valence-electron chi connectivity index (χ0n) is 14.6. The first-order valence-corrected chi connectivity index (χ1v) is 18.9. The summed E-state index contributed by atoms with van der Waals surface area (Å²) in [5.74, 6) is 3.23. The van der Waals surface area contributed by atoms with E-state index < -0.39 is 18.4 Å². The molecule has 0 aromatic rings. The molecule has 3 heterocycles. The third kappa shape index (κ3) is 2.90. The van der Waals surface area contributed by atoms with Crippen molar-refractivity contribution in [2.75, 3.05) is 0 Å². The summed E-state index contributed by atoms with van der Waals surface area (Å²) in [5, 5.41) is 0. The Bertz CT molecular complexity index is 394. The van der Waals surface area contributed by atoms with Gasteiger partial charge in [0.1, 0.15) is 0 Å². The van der Waals surface area contributed by atoms with Crippen molar-refractivity contribution in [2.45, 2.75) is 73.9 Å². The van der Waals surface area contributed by atoms with Gasteiger partial charge in [0.05, 0.1) is 0 Å². The van der Waals surface area contributed by atoms with Gasteiger partial charge in [-0.15, -0.1) is 0 Å². The molecule has 4 rings (SSSR count). The van der Waals surface area contributed by atoms with Crippen molar-refractivity contribution in [3.63, 3.8) is 0 Å². The third-order valence-corrected chi connectivity index (χ3v) is 13.4. The van der Waals surface area contributed by atoms with E-state index in [2.05, 4.69) is 35.6 Å². The van der Waals surface area contributed by atoms with E-state index in [1.54, 1.807) is 31.9 Å². The zero-order valence-corrected chi connectivity index (χ0v) is 17.4. The van der Waals surface area contributed by atoms with Gasteiger partial charge in [0.2, 0.25) is 0 Å². The average molecular weight is 379 g/mol. The van der Waals surface area contributed by atoms with Gasteiger partial charge in [0.15, 0.2) is 0 Å². The molecule has 4 aliphatic rings. The van der Waals surface area contributed by atoms with Crippen molar-refractivity contribution < 1.29 is 0 Å². The minimum absolute atomic E-state index is 0.422. The normalized spacial score (nSPS) is 36.3. The van der Waals surface area contributed by atoms with Crippen LogP contribution in [-0.2, 0) is 0 Å². The fourth-order valence-corrected chi connectivity index (χ4v) is 16.4. The van der Waals surface area contributed by atoms with E-state index in [0.29, 0.717) is 5.41 Å². The topological polar surface area (TPSA) is 0 Å². The van der Waals surface area contributed by atoms with Crippen molar-refractivity contribution in [1.82, 2.24) is 0 Å². The van der Waals surface area contributed by atoms with Gasteiger partial charge in [0, 0.05) is 0 Å². The van der Waals surface area contributed by atoms with Crippen LogP contribution in [0.1, 0.15) is 46.5 Å². The van der Waals surface area contributed by atoms with E-state index in [9.17, 15) is 0 Å². The first-order chi connectivity index (χ1) is 9.14. The Morgan fingerprint density at radius 2 is 1.45 bits per heavy atom. The molecule has 1 saturated carbocycles. The van der Waals surface area contributed by atoms with E-state index in [-0.39, 0.29) is 0 Å². The van der Waals surface area contributed by atoms with Gasteiger partial charge >= 0.3 is 131 Å². The van der Waals surface area contributed by atoms with E-state index in [1.165, 1.54) is 6.42 Å². The van der Waals surface area contributed by atoms with Crippen LogP contribution in [0.2, 0.25) is 27.5 Å². The standard InChI is InChI=1S/C15H24B.3CH3.Sn/c1-15(2,3)8-14-7-11-4-12-6-13(5-11)10-16(14)9-12;;;;/h11-13H,4-7,9-10H2,1-3H3;3*1H3;. The summed E-state index contributed by atoms with van der Waals surface area (Å²) in [4.78, 5) is 7.95. The van der Waals surface area contributed by atoms with Gasteiger partial charge in [0.25, 0.3) is 0 Å². The molecular weight excluding hydrogens is 346 g/mol. The molecule has 4 fully saturated rings. The van der Waals surface area contributed by atoms with Crippen LogP contribution in [0.4, 0.5) is 0 Å². The van der Waals surface area contributed by atoms with E-state index >= 15 is 0 Å². The van der Waals surface area contributed by atoms with Gasteiger partial charge in [-0.05, 0) is 0 Å². The summed E-state index contributed by atoms with van der Waals surface area (Å²) in [6, 6.07) is 0. The summed E-state index contributed by atoms with van der Waals surface area (Å²) in [7, 11) is 0. The molecule has 3 saturated heterocycles. The van der Waals surface area contributed by atoms with Crippen LogP contribution < -0.4 is 0 Å². The molecule has 0 spiro atoms. The quantitative estimate of drug-likeness (QED) is 0.514. The number of hydrogen-bond acceptors (Lipinski definition) is 0. The molecule has 0 N–H and O–H groups in total. The summed E-state index contributed by atoms with van der Waals surface area (Å²) in [6.07, 6.45) is 9.28. The first kappa shape index (κ1) is 15.5. The van der Waals surface area contributed by atoms with E-state index in [4.69, 9.17) is 0 Å². The Labute approximate surface area is 131 Å². The molecule has 4 bridgehead atoms. The molecule has 2 unspecified atom stereocenters. The monoisotopic (exact) mass is 380 g/mol. The van der Waals surface area contributed by atoms with Crippen molar-refractivity contribution in [2.24, 2.45) is 23.2 Å². The summed E-state index contributed by atoms with van der Waals surface area (Å²) >= 11 is -2.01. The number of allylic oxidation sites excluding steroid dienone is 2. The van der Waals surface area contributed by atoms with Crippen LogP contribution in [0, 0.1) is 23.2 Å². The molecule has 20 heavy (non-hydrogen) atoms. The van der Waals surface area contributed by atoms with Crippen LogP contribution in [0.5, 0.6) is 0 Å². The molecule has 0 radical (unpaired) electrons. The molecule has 1 aliphatic carbocycles. The Hall–Kier alpha value is 0.604. The summed E-state index contributed by atoms with van der Waals surface area (Å²) in [5.41, 5.74) is 2.42. The van der Waals surface area contributed by atoms with E-state index in [0.717, 1.165) is 24.5 Å². The van der Waals surface area contributed by atoms with Gasteiger partial charge < -0.3 is 0 Å². The third-order valence-electron chi connectivity index (χ3n) is 6.06. The SMILES string of the molecule is CC(C)(C)/[C](=C1\CC2CC3CB1CC(C3)C2)[Sn]([CH3])([CH3])[CH3]. The van der Waals surface area contributed by atoms with Gasteiger partial charge in [-0.1, -0.05) is 0 Å². The second-order valence-electron chi connectivity index (χ2n) is 10.1. The van der Waals surface area contributed by atoms with Crippen LogP contribution in [0.25, 0.3) is 0 Å². The molecule has 2 heteroatoms. The molecule has 0 aromatic heterocycles. The predicted molar refractivity (Wildman–Crippen MR) is 94.1 cm³/mol. The molecule has 3 aliphatic heterocycles. The Morgan fingerprint density at radius 1 is 0.950 bits per heavy atom. The second kappa shape index (κ2) is 5.06. The van der Waals surface area contributed by atoms with Gasteiger partial charge in [-0.3, -0.25) is 0 Å². The Kier molecular flexibility index (Phi) is 3.92. The van der Waals surface area contributed by atoms with E-state index in [1.807, 2.05) is 9.06 Å². The molecule has 112 valence electrons. The van der Waals surface area contributed by atoms with Crippen LogP contribution >= 0.6 is 0 Å². The van der Waals surface area contributed by atoms with Crippen LogP contribution in [0.3, 0.4) is 0 Å². The van der Waals surface area contributed by atoms with Crippen molar-refractivity contribution in [3.8, 4) is 0 Å². The van der Waals surface area contributed by atoms with Crippen molar-refractivity contribution >= 4 is 25.1 Å². The first-order valence-electron chi connectivity index (χ1n) is 8.88. The zero-order chi connectivity index (χ0) is 14.7. The number of rotatable bonds is 1. The fraction of sp³-hybridized carbons (Fsp3) is 0.889. The fourth-order valence-electron chi connectivity index (χ4n) is 6.31. The van der Waals surface area contributed by atoms with Crippen LogP contribution in [-0.4, -0.2) is 25.1 Å². The minimum atomic E-state index is -2.01. The average Bonchev–Trinajstić information content (AvgIpc) is 2.39. The molecule has 0 nitrogen and oxygen atoms in total. The molecule has 0 aromatic carbocycles. The summed E-state index contributed by atoms with van der Waals surface area (Å²) < 4.78 is 2.00. The van der Waals surface area contributed by atoms with Gasteiger partial charge in [-0.25, -0.2) is 0 Å². The molecular formula is C18H33BSn. The maximum absolute atomic E-state index is 2.65. The molecule has 2 atom stereocenters. The molecule has 0 amide bonds. The van der Waals surface area contributed by atoms with Crippen molar-refractivity contribution in [1.29, 1.82) is 0 Å². The Balaban J connectivity index is 2.08. The second-order valence-corrected chi connectivity index (χ2v) is 24.3. The van der Waals surface area contributed by atoms with Gasteiger partial charge in [-0.2, -0.15) is 0 Å². The Morgan fingerprint density at radius 3 is 1.90 bits per heavy atom. The summed E-state index contributed by atoms with van der Waals surface area (Å²) in [6.45, 7) is 8.46. The van der Waals surface area contributed by atoms with Crippen molar-refractivity contribution in [3.05, 3.63) is 9.06 Å². The maximum atomic E-state index is 2.65. The number of fused-ring (bicyclic) bond motifs is 1.